The van der Waals surface area contributed by atoms with Gasteiger partial charge in [-0.25, -0.2) is 0 Å². The molecule has 2 aromatic carbocycles. The lowest BCUT2D eigenvalue weighted by Crippen LogP contribution is -2.08. The van der Waals surface area contributed by atoms with Crippen molar-refractivity contribution < 1.29 is 5.11 Å². The Balaban J connectivity index is 1.57. The van der Waals surface area contributed by atoms with E-state index in [-0.39, 0.29) is 5.88 Å². The summed E-state index contributed by atoms with van der Waals surface area (Å²) in [4.78, 5) is 6.99. The van der Waals surface area contributed by atoms with Crippen LogP contribution in [0.3, 0.4) is 0 Å². The number of aromatic hydroxyl groups is 1. The molecule has 6 nitrogen and oxygen atoms in total. The van der Waals surface area contributed by atoms with Gasteiger partial charge in [-0.15, -0.1) is 10.2 Å². The first-order chi connectivity index (χ1) is 14.2. The maximum atomic E-state index is 10.3. The van der Waals surface area contributed by atoms with Gasteiger partial charge >= 0.3 is 0 Å². The van der Waals surface area contributed by atoms with Gasteiger partial charge in [0.15, 0.2) is 5.88 Å². The van der Waals surface area contributed by atoms with Gasteiger partial charge in [0.2, 0.25) is 0 Å². The van der Waals surface area contributed by atoms with Gasteiger partial charge in [0, 0.05) is 39.8 Å². The van der Waals surface area contributed by atoms with Crippen molar-refractivity contribution in [2.24, 2.45) is 10.2 Å². The Morgan fingerprint density at radius 2 is 1.79 bits per heavy atom. The first-order valence-corrected chi connectivity index (χ1v) is 9.13. The molecule has 4 aromatic rings. The Kier molecular flexibility index (Phi) is 3.95. The Hall–Kier alpha value is -4.19. The summed E-state index contributed by atoms with van der Waals surface area (Å²) in [5.41, 5.74) is 10.7. The Labute approximate surface area is 166 Å². The molecule has 0 atom stereocenters. The van der Waals surface area contributed by atoms with Crippen LogP contribution in [0.5, 0.6) is 5.88 Å². The van der Waals surface area contributed by atoms with Crippen LogP contribution in [-0.4, -0.2) is 15.1 Å². The van der Waals surface area contributed by atoms with Crippen LogP contribution in [0.1, 0.15) is 11.1 Å². The van der Waals surface area contributed by atoms with Crippen LogP contribution >= 0.6 is 0 Å². The monoisotopic (exact) mass is 379 g/mol. The van der Waals surface area contributed by atoms with E-state index in [1.165, 1.54) is 0 Å². The molecule has 5 rings (SSSR count). The smallest absolute Gasteiger partial charge is 0.196 e. The zero-order chi connectivity index (χ0) is 19.8. The lowest BCUT2D eigenvalue weighted by atomic mass is 10.1. The van der Waals surface area contributed by atoms with Crippen molar-refractivity contribution in [3.05, 3.63) is 88.6 Å². The molecule has 0 unspecified atom stereocenters. The lowest BCUT2D eigenvalue weighted by Gasteiger charge is -1.96. The minimum atomic E-state index is 0.111. The maximum Gasteiger partial charge on any atom is 0.196 e. The number of nitrogens with two attached hydrogens (primary N) is 1. The Morgan fingerprint density at radius 1 is 0.931 bits per heavy atom. The van der Waals surface area contributed by atoms with Crippen molar-refractivity contribution >= 4 is 40.1 Å². The molecule has 1 aliphatic heterocycles. The van der Waals surface area contributed by atoms with Gasteiger partial charge in [0.1, 0.15) is 0 Å². The van der Waals surface area contributed by atoms with Crippen LogP contribution in [0.2, 0.25) is 0 Å². The van der Waals surface area contributed by atoms with E-state index < -0.39 is 0 Å². The van der Waals surface area contributed by atoms with E-state index in [4.69, 9.17) is 5.73 Å². The van der Waals surface area contributed by atoms with Gasteiger partial charge in [-0.2, -0.15) is 0 Å². The lowest BCUT2D eigenvalue weighted by molar-refractivity contribution is 0.457. The highest BCUT2D eigenvalue weighted by molar-refractivity contribution is 5.93. The number of H-pyrrole nitrogens is 1. The molecule has 140 valence electrons. The quantitative estimate of drug-likeness (QED) is 0.474. The molecule has 0 fully saturated rings. The van der Waals surface area contributed by atoms with Gasteiger partial charge in [-0.3, -0.25) is 4.98 Å². The molecule has 0 saturated heterocycles. The number of fused-ring (bicyclic) bond motifs is 2. The predicted molar refractivity (Wildman–Crippen MR) is 115 cm³/mol. The number of pyridine rings is 1. The molecule has 0 bridgehead atoms. The van der Waals surface area contributed by atoms with Crippen molar-refractivity contribution in [2.75, 3.05) is 5.73 Å². The molecule has 6 heteroatoms. The van der Waals surface area contributed by atoms with E-state index in [0.717, 1.165) is 38.3 Å². The SMILES string of the molecule is Nc1ccc2[nH]c(O)c(/C=c3\ccc4c(c3)N=NC=4/C=C/c3ccncc3)c2c1. The number of nitrogens with zero attached hydrogens (tertiary/aromatic N) is 3. The minimum absolute atomic E-state index is 0.111. The highest BCUT2D eigenvalue weighted by Gasteiger charge is 2.10. The second-order valence-corrected chi connectivity index (χ2v) is 6.81. The summed E-state index contributed by atoms with van der Waals surface area (Å²) in [6.45, 7) is 0. The molecule has 0 aliphatic carbocycles. The number of aromatic amines is 1. The number of anilines is 1. The van der Waals surface area contributed by atoms with E-state index in [2.05, 4.69) is 20.2 Å². The normalized spacial score (nSPS) is 13.7. The molecule has 0 saturated carbocycles. The van der Waals surface area contributed by atoms with E-state index in [0.29, 0.717) is 11.3 Å². The fraction of sp³-hybridized carbons (Fsp3) is 0. The van der Waals surface area contributed by atoms with Crippen LogP contribution in [-0.2, 0) is 0 Å². The van der Waals surface area contributed by atoms with Gasteiger partial charge in [-0.05, 0) is 65.4 Å². The van der Waals surface area contributed by atoms with E-state index in [9.17, 15) is 5.11 Å². The van der Waals surface area contributed by atoms with Crippen LogP contribution in [0.15, 0.2) is 77.2 Å². The van der Waals surface area contributed by atoms with Crippen molar-refractivity contribution in [1.29, 1.82) is 0 Å². The number of nitrogens with one attached hydrogen (secondary N) is 1. The average Bonchev–Trinajstić information content (AvgIpc) is 3.28. The fourth-order valence-electron chi connectivity index (χ4n) is 3.40. The number of hydrogen-bond donors (Lipinski definition) is 3. The van der Waals surface area contributed by atoms with Crippen molar-refractivity contribution in [2.45, 2.75) is 0 Å². The largest absolute Gasteiger partial charge is 0.494 e. The van der Waals surface area contributed by atoms with Gasteiger partial charge < -0.3 is 15.8 Å². The van der Waals surface area contributed by atoms with Crippen LogP contribution in [0.4, 0.5) is 11.4 Å². The molecule has 0 amide bonds. The minimum Gasteiger partial charge on any atom is -0.494 e. The molecular weight excluding hydrogens is 362 g/mol. The van der Waals surface area contributed by atoms with E-state index >= 15 is 0 Å². The van der Waals surface area contributed by atoms with Crippen LogP contribution in [0, 0.1) is 0 Å². The first-order valence-electron chi connectivity index (χ1n) is 9.13. The molecule has 3 heterocycles. The topological polar surface area (TPSA) is 99.7 Å². The van der Waals surface area contributed by atoms with Crippen molar-refractivity contribution in [3.8, 4) is 5.88 Å². The summed E-state index contributed by atoms with van der Waals surface area (Å²) >= 11 is 0. The molecule has 2 aromatic heterocycles. The summed E-state index contributed by atoms with van der Waals surface area (Å²) in [6.07, 6.45) is 9.35. The molecule has 0 radical (unpaired) electrons. The predicted octanol–water partition coefficient (Wildman–Crippen LogP) is 3.60. The number of azo groups is 1. The third-order valence-corrected chi connectivity index (χ3v) is 4.86. The highest BCUT2D eigenvalue weighted by Crippen LogP contribution is 2.29. The molecule has 4 N–H and O–H groups in total. The zero-order valence-electron chi connectivity index (χ0n) is 15.4. The Bertz CT molecular complexity index is 1420. The zero-order valence-corrected chi connectivity index (χ0v) is 15.4. The molecule has 29 heavy (non-hydrogen) atoms. The van der Waals surface area contributed by atoms with Crippen molar-refractivity contribution in [1.82, 2.24) is 9.97 Å². The summed E-state index contributed by atoms with van der Waals surface area (Å²) < 4.78 is 0. The van der Waals surface area contributed by atoms with Gasteiger partial charge in [0.05, 0.1) is 11.4 Å². The molecular formula is C23H17N5O. The molecule has 1 aliphatic rings. The standard InChI is InChI=1S/C23H17N5O/c24-16-3-6-20-18(13-16)19(23(29)26-20)11-15-1-4-17-21(27-28-22(17)12-15)5-2-14-7-9-25-10-8-14/h1-13,26,29H,24H2/b5-2+,15-11+. The van der Waals surface area contributed by atoms with Gasteiger partial charge in [0.25, 0.3) is 0 Å². The average molecular weight is 379 g/mol. The Morgan fingerprint density at radius 3 is 2.66 bits per heavy atom. The number of hydrogen-bond acceptors (Lipinski definition) is 5. The summed E-state index contributed by atoms with van der Waals surface area (Å²) in [7, 11) is 0. The second kappa shape index (κ2) is 6.76. The fourth-order valence-corrected chi connectivity index (χ4v) is 3.40. The van der Waals surface area contributed by atoms with E-state index in [1.807, 2.05) is 60.7 Å². The summed E-state index contributed by atoms with van der Waals surface area (Å²) in [5, 5.41) is 21.7. The molecule has 0 spiro atoms. The van der Waals surface area contributed by atoms with Crippen LogP contribution in [0.25, 0.3) is 28.8 Å². The number of aromatic nitrogens is 2. The number of rotatable bonds is 3. The summed E-state index contributed by atoms with van der Waals surface area (Å²) in [5.74, 6) is 0.111. The second-order valence-electron chi connectivity index (χ2n) is 6.81. The van der Waals surface area contributed by atoms with Crippen LogP contribution < -0.4 is 16.2 Å². The number of nitrogen functional groups attached to an aromatic ring is 1. The number of benzene rings is 2. The maximum absolute atomic E-state index is 10.3. The van der Waals surface area contributed by atoms with Crippen molar-refractivity contribution in [3.63, 3.8) is 0 Å². The van der Waals surface area contributed by atoms with E-state index in [1.54, 1.807) is 18.5 Å². The third kappa shape index (κ3) is 3.17. The first kappa shape index (κ1) is 16.9. The third-order valence-electron chi connectivity index (χ3n) is 4.86. The highest BCUT2D eigenvalue weighted by atomic mass is 16.3. The van der Waals surface area contributed by atoms with Gasteiger partial charge in [-0.1, -0.05) is 12.1 Å². The summed E-state index contributed by atoms with van der Waals surface area (Å²) in [6, 6.07) is 15.3.